The lowest BCUT2D eigenvalue weighted by atomic mass is 10.1. The molecule has 0 radical (unpaired) electrons. The van der Waals surface area contributed by atoms with Gasteiger partial charge in [-0.15, -0.1) is 0 Å². The number of rotatable bonds is 9. The topological polar surface area (TPSA) is 75.9 Å². The highest BCUT2D eigenvalue weighted by atomic mass is 15.1. The van der Waals surface area contributed by atoms with Crippen molar-refractivity contribution in [2.45, 2.75) is 46.1 Å². The Morgan fingerprint density at radius 1 is 1.05 bits per heavy atom. The van der Waals surface area contributed by atoms with Gasteiger partial charge in [0.2, 0.25) is 0 Å². The number of aromatic nitrogens is 2. The third kappa shape index (κ3) is 7.62. The standard InChI is InChI=1S/C14H27N5/c1-11(2)5-4-7-16-13-9-14(19-10-18-13)17-8-6-12(3)15/h9-12H,4-8,15H2,1-3H3,(H2,16,17,18,19). The van der Waals surface area contributed by atoms with Crippen molar-refractivity contribution < 1.29 is 0 Å². The second-order valence-electron chi connectivity index (χ2n) is 5.44. The first-order valence-corrected chi connectivity index (χ1v) is 7.13. The lowest BCUT2D eigenvalue weighted by molar-refractivity contribution is 0.566. The summed E-state index contributed by atoms with van der Waals surface area (Å²) in [5, 5.41) is 6.58. The minimum absolute atomic E-state index is 0.211. The molecule has 1 aromatic rings. The van der Waals surface area contributed by atoms with Gasteiger partial charge in [0.25, 0.3) is 0 Å². The van der Waals surface area contributed by atoms with Gasteiger partial charge < -0.3 is 16.4 Å². The van der Waals surface area contributed by atoms with E-state index < -0.39 is 0 Å². The summed E-state index contributed by atoms with van der Waals surface area (Å²) < 4.78 is 0. The van der Waals surface area contributed by atoms with E-state index in [1.54, 1.807) is 6.33 Å². The van der Waals surface area contributed by atoms with Crippen LogP contribution in [0, 0.1) is 5.92 Å². The van der Waals surface area contributed by atoms with Crippen LogP contribution in [0.5, 0.6) is 0 Å². The molecule has 1 atom stereocenters. The Kier molecular flexibility index (Phi) is 7.18. The molecular weight excluding hydrogens is 238 g/mol. The van der Waals surface area contributed by atoms with E-state index in [9.17, 15) is 0 Å². The van der Waals surface area contributed by atoms with Gasteiger partial charge in [-0.25, -0.2) is 9.97 Å². The number of anilines is 2. The lowest BCUT2D eigenvalue weighted by Gasteiger charge is -2.10. The molecule has 0 aliphatic carbocycles. The van der Waals surface area contributed by atoms with E-state index in [0.29, 0.717) is 0 Å². The second-order valence-corrected chi connectivity index (χ2v) is 5.44. The fourth-order valence-electron chi connectivity index (χ4n) is 1.71. The van der Waals surface area contributed by atoms with E-state index in [-0.39, 0.29) is 6.04 Å². The molecule has 0 bridgehead atoms. The molecule has 1 heterocycles. The Hall–Kier alpha value is -1.36. The number of nitrogens with two attached hydrogens (primary N) is 1. The highest BCUT2D eigenvalue weighted by molar-refractivity contribution is 5.46. The van der Waals surface area contributed by atoms with Gasteiger partial charge >= 0.3 is 0 Å². The molecule has 0 fully saturated rings. The van der Waals surface area contributed by atoms with Crippen molar-refractivity contribution in [3.63, 3.8) is 0 Å². The normalized spacial score (nSPS) is 12.5. The monoisotopic (exact) mass is 265 g/mol. The zero-order chi connectivity index (χ0) is 14.1. The zero-order valence-electron chi connectivity index (χ0n) is 12.3. The molecule has 0 saturated carbocycles. The lowest BCUT2D eigenvalue weighted by Crippen LogP contribution is -2.19. The maximum absolute atomic E-state index is 5.71. The third-order valence-electron chi connectivity index (χ3n) is 2.84. The second kappa shape index (κ2) is 8.69. The van der Waals surface area contributed by atoms with Crippen molar-refractivity contribution in [1.82, 2.24) is 9.97 Å². The van der Waals surface area contributed by atoms with Crippen LogP contribution in [0.1, 0.15) is 40.0 Å². The number of hydrogen-bond acceptors (Lipinski definition) is 5. The Morgan fingerprint density at radius 2 is 1.68 bits per heavy atom. The molecular formula is C14H27N5. The van der Waals surface area contributed by atoms with Gasteiger partial charge in [0.05, 0.1) is 0 Å². The van der Waals surface area contributed by atoms with E-state index in [1.165, 1.54) is 6.42 Å². The fourth-order valence-corrected chi connectivity index (χ4v) is 1.71. The molecule has 1 rings (SSSR count). The molecule has 19 heavy (non-hydrogen) atoms. The number of nitrogens with one attached hydrogen (secondary N) is 2. The summed E-state index contributed by atoms with van der Waals surface area (Å²) in [6, 6.07) is 2.15. The van der Waals surface area contributed by atoms with Crippen LogP contribution in [0.4, 0.5) is 11.6 Å². The van der Waals surface area contributed by atoms with Crippen LogP contribution in [0.2, 0.25) is 0 Å². The van der Waals surface area contributed by atoms with Crippen LogP contribution in [-0.2, 0) is 0 Å². The SMILES string of the molecule is CC(C)CCCNc1cc(NCCC(C)N)ncn1. The van der Waals surface area contributed by atoms with E-state index in [4.69, 9.17) is 5.73 Å². The van der Waals surface area contributed by atoms with Crippen molar-refractivity contribution >= 4 is 11.6 Å². The Balaban J connectivity index is 2.31. The van der Waals surface area contributed by atoms with Crippen molar-refractivity contribution in [2.24, 2.45) is 11.7 Å². The minimum Gasteiger partial charge on any atom is -0.370 e. The predicted molar refractivity (Wildman–Crippen MR) is 81.3 cm³/mol. The molecule has 0 aliphatic heterocycles. The van der Waals surface area contributed by atoms with Gasteiger partial charge in [-0.1, -0.05) is 13.8 Å². The summed E-state index contributed by atoms with van der Waals surface area (Å²) in [6.07, 6.45) is 4.91. The van der Waals surface area contributed by atoms with Crippen molar-refractivity contribution in [2.75, 3.05) is 23.7 Å². The van der Waals surface area contributed by atoms with E-state index >= 15 is 0 Å². The molecule has 0 amide bonds. The van der Waals surface area contributed by atoms with Crippen molar-refractivity contribution in [3.05, 3.63) is 12.4 Å². The van der Waals surface area contributed by atoms with Crippen molar-refractivity contribution in [3.8, 4) is 0 Å². The highest BCUT2D eigenvalue weighted by Gasteiger charge is 2.00. The number of hydrogen-bond donors (Lipinski definition) is 3. The van der Waals surface area contributed by atoms with Gasteiger partial charge in [0, 0.05) is 25.2 Å². The minimum atomic E-state index is 0.211. The summed E-state index contributed by atoms with van der Waals surface area (Å²) in [7, 11) is 0. The average molecular weight is 265 g/mol. The molecule has 108 valence electrons. The molecule has 5 heteroatoms. The highest BCUT2D eigenvalue weighted by Crippen LogP contribution is 2.10. The smallest absolute Gasteiger partial charge is 0.131 e. The molecule has 5 nitrogen and oxygen atoms in total. The van der Waals surface area contributed by atoms with Gasteiger partial charge in [0.15, 0.2) is 0 Å². The Morgan fingerprint density at radius 3 is 2.26 bits per heavy atom. The van der Waals surface area contributed by atoms with Gasteiger partial charge in [-0.3, -0.25) is 0 Å². The van der Waals surface area contributed by atoms with Crippen LogP contribution in [-0.4, -0.2) is 29.1 Å². The first-order valence-electron chi connectivity index (χ1n) is 7.13. The molecule has 4 N–H and O–H groups in total. The van der Waals surface area contributed by atoms with E-state index in [1.807, 2.05) is 13.0 Å². The third-order valence-corrected chi connectivity index (χ3v) is 2.84. The molecule has 0 saturated heterocycles. The maximum Gasteiger partial charge on any atom is 0.131 e. The summed E-state index contributed by atoms with van der Waals surface area (Å²) in [6.45, 7) is 8.27. The van der Waals surface area contributed by atoms with Gasteiger partial charge in [-0.2, -0.15) is 0 Å². The average Bonchev–Trinajstić information content (AvgIpc) is 2.34. The summed E-state index contributed by atoms with van der Waals surface area (Å²) in [5.41, 5.74) is 5.71. The van der Waals surface area contributed by atoms with Crippen LogP contribution in [0.15, 0.2) is 12.4 Å². The van der Waals surface area contributed by atoms with E-state index in [2.05, 4.69) is 34.4 Å². The van der Waals surface area contributed by atoms with Crippen molar-refractivity contribution in [1.29, 1.82) is 0 Å². The molecule has 0 aliphatic rings. The first-order chi connectivity index (χ1) is 9.08. The predicted octanol–water partition coefficient (Wildman–Crippen LogP) is 2.47. The number of nitrogens with zero attached hydrogens (tertiary/aromatic N) is 2. The van der Waals surface area contributed by atoms with Gasteiger partial charge in [0.1, 0.15) is 18.0 Å². The van der Waals surface area contributed by atoms with Gasteiger partial charge in [-0.05, 0) is 32.1 Å². The summed E-state index contributed by atoms with van der Waals surface area (Å²) >= 11 is 0. The van der Waals surface area contributed by atoms with Crippen LogP contribution < -0.4 is 16.4 Å². The Labute approximate surface area is 116 Å². The fraction of sp³-hybridized carbons (Fsp3) is 0.714. The molecule has 0 aromatic carbocycles. The molecule has 0 spiro atoms. The molecule has 1 unspecified atom stereocenters. The van der Waals surface area contributed by atoms with E-state index in [0.717, 1.165) is 43.5 Å². The van der Waals surface area contributed by atoms with Crippen LogP contribution >= 0.6 is 0 Å². The quantitative estimate of drug-likeness (QED) is 0.598. The van der Waals surface area contributed by atoms with Crippen LogP contribution in [0.3, 0.4) is 0 Å². The van der Waals surface area contributed by atoms with Crippen LogP contribution in [0.25, 0.3) is 0 Å². The first kappa shape index (κ1) is 15.7. The largest absolute Gasteiger partial charge is 0.370 e. The Bertz CT molecular complexity index is 351. The summed E-state index contributed by atoms with van der Waals surface area (Å²) in [5.74, 6) is 2.48. The summed E-state index contributed by atoms with van der Waals surface area (Å²) in [4.78, 5) is 8.40. The molecule has 1 aromatic heterocycles. The zero-order valence-corrected chi connectivity index (χ0v) is 12.3. The maximum atomic E-state index is 5.71.